The fraction of sp³-hybridized carbons (Fsp3) is 0.636. The first kappa shape index (κ1) is 11.1. The monoisotopic (exact) mass is 223 g/mol. The van der Waals surface area contributed by atoms with E-state index in [4.69, 9.17) is 0 Å². The number of carbonyl (C=O) groups excluding carboxylic acids is 1. The molecule has 1 fully saturated rings. The Morgan fingerprint density at radius 3 is 3.06 bits per heavy atom. The molecule has 1 unspecified atom stereocenters. The van der Waals surface area contributed by atoms with Crippen molar-refractivity contribution in [2.45, 2.75) is 25.3 Å². The van der Waals surface area contributed by atoms with Gasteiger partial charge in [0.15, 0.2) is 0 Å². The molecule has 1 atom stereocenters. The van der Waals surface area contributed by atoms with E-state index in [1.165, 1.54) is 0 Å². The molecule has 1 aromatic rings. The normalized spacial score (nSPS) is 21.1. The molecule has 5 heteroatoms. The summed E-state index contributed by atoms with van der Waals surface area (Å²) in [7, 11) is 1.80. The average Bonchev–Trinajstić information content (AvgIpc) is 2.74. The average molecular weight is 223 g/mol. The summed E-state index contributed by atoms with van der Waals surface area (Å²) in [5, 5.41) is 9.26. The van der Waals surface area contributed by atoms with Gasteiger partial charge in [0, 0.05) is 13.6 Å². The number of aryl methyl sites for hydroxylation is 1. The number of aliphatic hydroxyl groups is 1. The lowest BCUT2D eigenvalue weighted by Gasteiger charge is -2.34. The molecule has 88 valence electrons. The van der Waals surface area contributed by atoms with Crippen molar-refractivity contribution >= 4 is 5.91 Å². The van der Waals surface area contributed by atoms with E-state index < -0.39 is 0 Å². The highest BCUT2D eigenvalue weighted by molar-refractivity contribution is 5.92. The van der Waals surface area contributed by atoms with Crippen molar-refractivity contribution < 1.29 is 9.90 Å². The Labute approximate surface area is 94.7 Å². The quantitative estimate of drug-likeness (QED) is 0.790. The molecule has 1 aliphatic heterocycles. The number of imidazole rings is 1. The molecular weight excluding hydrogens is 206 g/mol. The SMILES string of the molecule is Cn1cncc1C(=O)N1CCCCC1CO. The Morgan fingerprint density at radius 2 is 2.44 bits per heavy atom. The first-order chi connectivity index (χ1) is 7.74. The van der Waals surface area contributed by atoms with Gasteiger partial charge in [-0.15, -0.1) is 0 Å². The molecule has 16 heavy (non-hydrogen) atoms. The number of amides is 1. The van der Waals surface area contributed by atoms with Crippen LogP contribution in [0, 0.1) is 0 Å². The molecule has 2 heterocycles. The topological polar surface area (TPSA) is 58.4 Å². The van der Waals surface area contributed by atoms with Crippen LogP contribution in [0.5, 0.6) is 0 Å². The van der Waals surface area contributed by atoms with Gasteiger partial charge >= 0.3 is 0 Å². The number of hydrogen-bond donors (Lipinski definition) is 1. The van der Waals surface area contributed by atoms with Gasteiger partial charge in [0.05, 0.1) is 25.2 Å². The molecular formula is C11H17N3O2. The van der Waals surface area contributed by atoms with Crippen LogP contribution in [0.4, 0.5) is 0 Å². The fourth-order valence-electron chi connectivity index (χ4n) is 2.17. The van der Waals surface area contributed by atoms with Crippen LogP contribution in [0.1, 0.15) is 29.8 Å². The first-order valence-corrected chi connectivity index (χ1v) is 5.62. The maximum absolute atomic E-state index is 12.2. The molecule has 0 spiro atoms. The molecule has 0 aliphatic carbocycles. The van der Waals surface area contributed by atoms with E-state index in [-0.39, 0.29) is 18.6 Å². The Balaban J connectivity index is 2.17. The fourth-order valence-corrected chi connectivity index (χ4v) is 2.17. The predicted molar refractivity (Wildman–Crippen MR) is 59.0 cm³/mol. The number of likely N-dealkylation sites (tertiary alicyclic amines) is 1. The zero-order valence-corrected chi connectivity index (χ0v) is 9.46. The number of piperidine rings is 1. The highest BCUT2D eigenvalue weighted by Gasteiger charge is 2.28. The van der Waals surface area contributed by atoms with Crippen molar-refractivity contribution in [2.75, 3.05) is 13.2 Å². The van der Waals surface area contributed by atoms with Crippen molar-refractivity contribution in [2.24, 2.45) is 7.05 Å². The summed E-state index contributed by atoms with van der Waals surface area (Å²) in [6.45, 7) is 0.777. The number of nitrogens with zero attached hydrogens (tertiary/aromatic N) is 3. The summed E-state index contributed by atoms with van der Waals surface area (Å²) in [5.41, 5.74) is 0.584. The minimum atomic E-state index is -0.0313. The Bertz CT molecular complexity index is 375. The standard InChI is InChI=1S/C11H17N3O2/c1-13-8-12-6-10(13)11(16)14-5-3-2-4-9(14)7-15/h6,8-9,15H,2-5,7H2,1H3. The molecule has 0 radical (unpaired) electrons. The summed E-state index contributed by atoms with van der Waals surface area (Å²) in [5.74, 6) is -0.0289. The Morgan fingerprint density at radius 1 is 1.62 bits per heavy atom. The van der Waals surface area contributed by atoms with Gasteiger partial charge in [-0.05, 0) is 19.3 Å². The zero-order chi connectivity index (χ0) is 11.5. The van der Waals surface area contributed by atoms with E-state index in [1.54, 1.807) is 29.0 Å². The van der Waals surface area contributed by atoms with Crippen molar-refractivity contribution in [3.63, 3.8) is 0 Å². The minimum Gasteiger partial charge on any atom is -0.394 e. The van der Waals surface area contributed by atoms with Crippen LogP contribution < -0.4 is 0 Å². The van der Waals surface area contributed by atoms with E-state index in [1.807, 2.05) is 0 Å². The number of carbonyl (C=O) groups is 1. The second-order valence-electron chi connectivity index (χ2n) is 4.22. The van der Waals surface area contributed by atoms with Crippen LogP contribution in [0.3, 0.4) is 0 Å². The van der Waals surface area contributed by atoms with Crippen molar-refractivity contribution in [1.82, 2.24) is 14.5 Å². The van der Waals surface area contributed by atoms with Crippen molar-refractivity contribution in [3.05, 3.63) is 18.2 Å². The van der Waals surface area contributed by atoms with Crippen LogP contribution in [-0.4, -0.2) is 44.7 Å². The highest BCUT2D eigenvalue weighted by atomic mass is 16.3. The molecule has 1 amide bonds. The van der Waals surface area contributed by atoms with Gasteiger partial charge in [0.1, 0.15) is 5.69 Å². The van der Waals surface area contributed by atoms with Gasteiger partial charge in [-0.25, -0.2) is 4.98 Å². The van der Waals surface area contributed by atoms with Crippen LogP contribution >= 0.6 is 0 Å². The van der Waals surface area contributed by atoms with E-state index in [0.29, 0.717) is 5.69 Å². The highest BCUT2D eigenvalue weighted by Crippen LogP contribution is 2.18. The summed E-state index contributed by atoms with van der Waals surface area (Å²) >= 11 is 0. The van der Waals surface area contributed by atoms with Crippen LogP contribution in [0.15, 0.2) is 12.5 Å². The second-order valence-corrected chi connectivity index (χ2v) is 4.22. The van der Waals surface area contributed by atoms with Gasteiger partial charge < -0.3 is 14.6 Å². The lowest BCUT2D eigenvalue weighted by Crippen LogP contribution is -2.46. The number of rotatable bonds is 2. The summed E-state index contributed by atoms with van der Waals surface area (Å²) in [4.78, 5) is 17.9. The molecule has 1 saturated heterocycles. The summed E-state index contributed by atoms with van der Waals surface area (Å²) in [6, 6.07) is -0.0313. The van der Waals surface area contributed by atoms with E-state index in [2.05, 4.69) is 4.98 Å². The lowest BCUT2D eigenvalue weighted by molar-refractivity contribution is 0.0494. The van der Waals surface area contributed by atoms with Gasteiger partial charge in [-0.2, -0.15) is 0 Å². The smallest absolute Gasteiger partial charge is 0.272 e. The third kappa shape index (κ3) is 1.95. The Hall–Kier alpha value is -1.36. The van der Waals surface area contributed by atoms with Gasteiger partial charge in [-0.1, -0.05) is 0 Å². The third-order valence-electron chi connectivity index (χ3n) is 3.13. The molecule has 0 bridgehead atoms. The van der Waals surface area contributed by atoms with Crippen molar-refractivity contribution in [3.8, 4) is 0 Å². The van der Waals surface area contributed by atoms with E-state index in [0.717, 1.165) is 25.8 Å². The first-order valence-electron chi connectivity index (χ1n) is 5.62. The minimum absolute atomic E-state index is 0.0289. The summed E-state index contributed by atoms with van der Waals surface area (Å²) in [6.07, 6.45) is 6.18. The molecule has 2 rings (SSSR count). The molecule has 0 saturated carbocycles. The van der Waals surface area contributed by atoms with E-state index >= 15 is 0 Å². The third-order valence-corrected chi connectivity index (χ3v) is 3.13. The molecule has 1 N–H and O–H groups in total. The largest absolute Gasteiger partial charge is 0.394 e. The Kier molecular flexibility index (Phi) is 3.24. The van der Waals surface area contributed by atoms with Crippen molar-refractivity contribution in [1.29, 1.82) is 0 Å². The lowest BCUT2D eigenvalue weighted by atomic mass is 10.0. The van der Waals surface area contributed by atoms with Crippen LogP contribution in [0.25, 0.3) is 0 Å². The number of aromatic nitrogens is 2. The van der Waals surface area contributed by atoms with Gasteiger partial charge in [-0.3, -0.25) is 4.79 Å². The molecule has 1 aliphatic rings. The second kappa shape index (κ2) is 4.65. The van der Waals surface area contributed by atoms with Crippen LogP contribution in [0.2, 0.25) is 0 Å². The number of aliphatic hydroxyl groups excluding tert-OH is 1. The number of hydrogen-bond acceptors (Lipinski definition) is 3. The molecule has 1 aromatic heterocycles. The zero-order valence-electron chi connectivity index (χ0n) is 9.46. The predicted octanol–water partition coefficient (Wildman–Crippen LogP) is 0.407. The molecule has 5 nitrogen and oxygen atoms in total. The van der Waals surface area contributed by atoms with Gasteiger partial charge in [0.2, 0.25) is 0 Å². The summed E-state index contributed by atoms with van der Waals surface area (Å²) < 4.78 is 1.71. The van der Waals surface area contributed by atoms with Gasteiger partial charge in [0.25, 0.3) is 5.91 Å². The molecule has 0 aromatic carbocycles. The van der Waals surface area contributed by atoms with Crippen LogP contribution in [-0.2, 0) is 7.05 Å². The maximum atomic E-state index is 12.2. The maximum Gasteiger partial charge on any atom is 0.272 e. The van der Waals surface area contributed by atoms with E-state index in [9.17, 15) is 9.90 Å².